The van der Waals surface area contributed by atoms with E-state index in [0.717, 1.165) is 17.1 Å². The fourth-order valence-corrected chi connectivity index (χ4v) is 4.39. The minimum absolute atomic E-state index is 0.0221. The number of hydrogen-bond acceptors (Lipinski definition) is 5. The molecule has 5 rings (SSSR count). The van der Waals surface area contributed by atoms with Crippen LogP contribution >= 0.6 is 11.3 Å². The van der Waals surface area contributed by atoms with Gasteiger partial charge in [0.25, 0.3) is 5.91 Å². The fourth-order valence-electron chi connectivity index (χ4n) is 3.57. The van der Waals surface area contributed by atoms with Crippen LogP contribution in [0.3, 0.4) is 0 Å². The lowest BCUT2D eigenvalue weighted by Gasteiger charge is -2.44. The maximum absolute atomic E-state index is 12.5. The van der Waals surface area contributed by atoms with Crippen LogP contribution in [-0.4, -0.2) is 41.5 Å². The topological polar surface area (TPSA) is 69.0 Å². The number of nitrogens with one attached hydrogen (secondary N) is 1. The minimum atomic E-state index is -0.0221. The lowest BCUT2D eigenvalue weighted by atomic mass is 9.84. The van der Waals surface area contributed by atoms with E-state index in [4.69, 9.17) is 5.26 Å². The lowest BCUT2D eigenvalue weighted by molar-refractivity contribution is 0.0622. The van der Waals surface area contributed by atoms with E-state index in [2.05, 4.69) is 21.3 Å². The molecule has 3 aliphatic heterocycles. The molecule has 0 unspecified atom stereocenters. The molecule has 0 aliphatic carbocycles. The number of hydrogen-bond donors (Lipinski definition) is 1. The van der Waals surface area contributed by atoms with Crippen molar-refractivity contribution in [3.8, 4) is 16.6 Å². The Morgan fingerprint density at radius 2 is 2.04 bits per heavy atom. The van der Waals surface area contributed by atoms with Crippen molar-refractivity contribution in [1.29, 1.82) is 5.26 Å². The fraction of sp³-hybridized carbons (Fsp3) is 0.389. The minimum Gasteiger partial charge on any atom is -0.347 e. The van der Waals surface area contributed by atoms with Gasteiger partial charge in [-0.1, -0.05) is 12.1 Å². The highest BCUT2D eigenvalue weighted by Gasteiger charge is 2.35. The van der Waals surface area contributed by atoms with Crippen LogP contribution in [0.1, 0.15) is 28.1 Å². The molecule has 5 nitrogen and oxygen atoms in total. The molecule has 2 bridgehead atoms. The second-order valence-electron chi connectivity index (χ2n) is 6.44. The Kier molecular flexibility index (Phi) is 4.05. The highest BCUT2D eigenvalue weighted by Crippen LogP contribution is 2.29. The van der Waals surface area contributed by atoms with E-state index in [9.17, 15) is 4.79 Å². The number of nitriles is 1. The molecule has 4 heterocycles. The summed E-state index contributed by atoms with van der Waals surface area (Å²) in [5.74, 6) is 0.594. The normalized spacial score (nSPS) is 25.2. The molecule has 3 aliphatic rings. The Bertz CT molecular complexity index is 784. The predicted octanol–water partition coefficient (Wildman–Crippen LogP) is 2.51. The van der Waals surface area contributed by atoms with Crippen LogP contribution in [0.25, 0.3) is 10.6 Å². The van der Waals surface area contributed by atoms with Crippen LogP contribution in [0.5, 0.6) is 0 Å². The van der Waals surface area contributed by atoms with Crippen molar-refractivity contribution < 1.29 is 4.79 Å². The van der Waals surface area contributed by atoms with Crippen molar-refractivity contribution in [3.05, 3.63) is 40.9 Å². The Morgan fingerprint density at radius 3 is 2.67 bits per heavy atom. The van der Waals surface area contributed by atoms with Crippen molar-refractivity contribution in [2.45, 2.75) is 18.9 Å². The molecule has 1 atom stereocenters. The van der Waals surface area contributed by atoms with Crippen molar-refractivity contribution in [3.63, 3.8) is 0 Å². The number of carbonyl (C=O) groups excluding carboxylic acids is 1. The summed E-state index contributed by atoms with van der Waals surface area (Å²) in [7, 11) is 0. The van der Waals surface area contributed by atoms with Crippen molar-refractivity contribution in [2.24, 2.45) is 5.92 Å². The Morgan fingerprint density at radius 1 is 1.29 bits per heavy atom. The van der Waals surface area contributed by atoms with Crippen molar-refractivity contribution in [1.82, 2.24) is 15.2 Å². The summed E-state index contributed by atoms with van der Waals surface area (Å²) in [6.45, 7) is 3.30. The van der Waals surface area contributed by atoms with Crippen LogP contribution in [0.15, 0.2) is 30.5 Å². The van der Waals surface area contributed by atoms with Crippen LogP contribution in [0.2, 0.25) is 0 Å². The predicted molar refractivity (Wildman–Crippen MR) is 92.7 cm³/mol. The van der Waals surface area contributed by atoms with Crippen molar-refractivity contribution >= 4 is 17.2 Å². The van der Waals surface area contributed by atoms with Gasteiger partial charge in [-0.3, -0.25) is 4.79 Å². The van der Waals surface area contributed by atoms with Crippen molar-refractivity contribution in [2.75, 3.05) is 19.6 Å². The molecule has 1 aromatic heterocycles. The van der Waals surface area contributed by atoms with E-state index < -0.39 is 0 Å². The molecule has 6 heteroatoms. The third kappa shape index (κ3) is 2.93. The molecule has 0 radical (unpaired) electrons. The second-order valence-corrected chi connectivity index (χ2v) is 7.47. The van der Waals surface area contributed by atoms with E-state index in [0.29, 0.717) is 16.4 Å². The zero-order chi connectivity index (χ0) is 16.5. The van der Waals surface area contributed by atoms with Gasteiger partial charge in [0.15, 0.2) is 0 Å². The number of rotatable bonds is 3. The number of benzene rings is 1. The monoisotopic (exact) mass is 338 g/mol. The van der Waals surface area contributed by atoms with Gasteiger partial charge in [0.1, 0.15) is 9.88 Å². The number of thiazole rings is 1. The van der Waals surface area contributed by atoms with Gasteiger partial charge in [-0.2, -0.15) is 5.26 Å². The van der Waals surface area contributed by atoms with Gasteiger partial charge in [-0.15, -0.1) is 11.3 Å². The Hall–Kier alpha value is -2.23. The SMILES string of the molecule is N#Cc1ccc(-c2ncc(C(=O)N[C@H]3CN4CCC3CC4)s2)cc1. The summed E-state index contributed by atoms with van der Waals surface area (Å²) in [6.07, 6.45) is 4.02. The zero-order valence-corrected chi connectivity index (χ0v) is 14.1. The number of nitrogens with zero attached hydrogens (tertiary/aromatic N) is 3. The standard InChI is InChI=1S/C18H18N4OS/c19-9-12-1-3-14(4-2-12)18-20-10-16(24-18)17(23)21-15-11-22-7-5-13(15)6-8-22/h1-4,10,13,15H,5-8,11H2,(H,21,23)/t15-/m0/s1. The van der Waals surface area contributed by atoms with E-state index >= 15 is 0 Å². The largest absolute Gasteiger partial charge is 0.347 e. The molecule has 2 aromatic rings. The van der Waals surface area contributed by atoms with E-state index in [-0.39, 0.29) is 11.9 Å². The number of piperidine rings is 3. The van der Waals surface area contributed by atoms with Gasteiger partial charge in [0, 0.05) is 18.2 Å². The first-order valence-electron chi connectivity index (χ1n) is 8.22. The number of aromatic nitrogens is 1. The molecule has 1 N–H and O–H groups in total. The first-order chi connectivity index (χ1) is 11.7. The van der Waals surface area contributed by atoms with Gasteiger partial charge in [0.2, 0.25) is 0 Å². The average molecular weight is 338 g/mol. The molecule has 1 aromatic carbocycles. The van der Waals surface area contributed by atoms with Gasteiger partial charge in [-0.25, -0.2) is 4.98 Å². The third-order valence-corrected chi connectivity index (χ3v) is 6.01. The second kappa shape index (κ2) is 6.34. The summed E-state index contributed by atoms with van der Waals surface area (Å²) in [4.78, 5) is 20.0. The summed E-state index contributed by atoms with van der Waals surface area (Å²) < 4.78 is 0. The maximum Gasteiger partial charge on any atom is 0.263 e. The van der Waals surface area contributed by atoms with Gasteiger partial charge in [-0.05, 0) is 44.0 Å². The summed E-state index contributed by atoms with van der Waals surface area (Å²) >= 11 is 1.40. The highest BCUT2D eigenvalue weighted by atomic mass is 32.1. The maximum atomic E-state index is 12.5. The molecule has 1 amide bonds. The molecule has 24 heavy (non-hydrogen) atoms. The Labute approximate surface area is 144 Å². The molecular formula is C18H18N4OS. The smallest absolute Gasteiger partial charge is 0.263 e. The van der Waals surface area contributed by atoms with E-state index in [1.54, 1.807) is 18.3 Å². The van der Waals surface area contributed by atoms with Gasteiger partial charge < -0.3 is 10.2 Å². The Balaban J connectivity index is 1.46. The molecule has 122 valence electrons. The average Bonchev–Trinajstić information content (AvgIpc) is 3.13. The van der Waals surface area contributed by atoms with Crippen LogP contribution < -0.4 is 5.32 Å². The van der Waals surface area contributed by atoms with Gasteiger partial charge >= 0.3 is 0 Å². The van der Waals surface area contributed by atoms with Crippen LogP contribution in [0.4, 0.5) is 0 Å². The highest BCUT2D eigenvalue weighted by molar-refractivity contribution is 7.16. The summed E-state index contributed by atoms with van der Waals surface area (Å²) in [5.41, 5.74) is 1.55. The first kappa shape index (κ1) is 15.3. The lowest BCUT2D eigenvalue weighted by Crippen LogP contribution is -2.57. The summed E-state index contributed by atoms with van der Waals surface area (Å²) in [5, 5.41) is 12.9. The third-order valence-electron chi connectivity index (χ3n) is 4.96. The van der Waals surface area contributed by atoms with Crippen LogP contribution in [0, 0.1) is 17.2 Å². The van der Waals surface area contributed by atoms with E-state index in [1.807, 2.05) is 12.1 Å². The van der Waals surface area contributed by atoms with Gasteiger partial charge in [0.05, 0.1) is 17.8 Å². The first-order valence-corrected chi connectivity index (χ1v) is 9.04. The van der Waals surface area contributed by atoms with Crippen LogP contribution in [-0.2, 0) is 0 Å². The number of carbonyl (C=O) groups is 1. The molecule has 3 fully saturated rings. The zero-order valence-electron chi connectivity index (χ0n) is 13.2. The molecule has 0 spiro atoms. The molecule has 0 saturated carbocycles. The van der Waals surface area contributed by atoms with E-state index in [1.165, 1.54) is 37.3 Å². The molecular weight excluding hydrogens is 320 g/mol. The quantitative estimate of drug-likeness (QED) is 0.933. The number of fused-ring (bicyclic) bond motifs is 3. The summed E-state index contributed by atoms with van der Waals surface area (Å²) in [6, 6.07) is 9.64. The number of amides is 1. The molecule has 3 saturated heterocycles.